The Hall–Kier alpha value is -4.21. The van der Waals surface area contributed by atoms with E-state index in [4.69, 9.17) is 18.9 Å². The van der Waals surface area contributed by atoms with E-state index < -0.39 is 30.2 Å². The lowest BCUT2D eigenvalue weighted by Gasteiger charge is -2.46. The molecule has 4 atom stereocenters. The third-order valence-electron chi connectivity index (χ3n) is 7.70. The smallest absolute Gasteiger partial charge is 0.252 e. The number of para-hydroxylation sites is 1. The van der Waals surface area contributed by atoms with Crippen molar-refractivity contribution in [2.45, 2.75) is 56.9 Å². The van der Waals surface area contributed by atoms with Gasteiger partial charge in [0.05, 0.1) is 11.2 Å². The Morgan fingerprint density at radius 2 is 1.48 bits per heavy atom. The van der Waals surface area contributed by atoms with E-state index in [0.717, 1.165) is 24.2 Å². The zero-order valence-electron chi connectivity index (χ0n) is 25.2. The van der Waals surface area contributed by atoms with Crippen molar-refractivity contribution < 1.29 is 34.0 Å². The van der Waals surface area contributed by atoms with Crippen LogP contribution >= 0.6 is 0 Å². The predicted octanol–water partition coefficient (Wildman–Crippen LogP) is 5.76. The zero-order chi connectivity index (χ0) is 31.1. The number of aliphatic hydroxyl groups excluding tert-OH is 2. The molecule has 0 spiro atoms. The highest BCUT2D eigenvalue weighted by Gasteiger charge is 2.50. The van der Waals surface area contributed by atoms with Gasteiger partial charge in [-0.1, -0.05) is 60.7 Å². The third kappa shape index (κ3) is 7.46. The van der Waals surface area contributed by atoms with Crippen molar-refractivity contribution in [3.05, 3.63) is 114 Å². The van der Waals surface area contributed by atoms with E-state index in [-0.39, 0.29) is 5.91 Å². The lowest BCUT2D eigenvalue weighted by atomic mass is 9.89. The number of aliphatic hydroxyl groups is 2. The Kier molecular flexibility index (Phi) is 9.97. The molecule has 0 radical (unpaired) electrons. The molecular weight excluding hydrogens is 558 g/mol. The van der Waals surface area contributed by atoms with Crippen LogP contribution in [0.4, 0.5) is 0 Å². The van der Waals surface area contributed by atoms with E-state index in [2.05, 4.69) is 17.4 Å². The first-order valence-corrected chi connectivity index (χ1v) is 14.8. The summed E-state index contributed by atoms with van der Waals surface area (Å²) < 4.78 is 23.3. The molecule has 8 heteroatoms. The van der Waals surface area contributed by atoms with E-state index in [9.17, 15) is 15.0 Å². The molecule has 0 unspecified atom stereocenters. The Labute approximate surface area is 258 Å². The summed E-state index contributed by atoms with van der Waals surface area (Å²) in [7, 11) is 1.46. The van der Waals surface area contributed by atoms with E-state index in [1.165, 1.54) is 12.7 Å². The van der Waals surface area contributed by atoms with Crippen molar-refractivity contribution in [3.8, 4) is 28.4 Å². The van der Waals surface area contributed by atoms with E-state index in [1.54, 1.807) is 32.0 Å². The Balaban J connectivity index is 1.36. The summed E-state index contributed by atoms with van der Waals surface area (Å²) in [6, 6.07) is 32.3. The highest BCUT2D eigenvalue weighted by Crippen LogP contribution is 2.35. The molecule has 4 aromatic carbocycles. The van der Waals surface area contributed by atoms with Crippen molar-refractivity contribution >= 4 is 5.91 Å². The van der Waals surface area contributed by atoms with Gasteiger partial charge in [0.25, 0.3) is 5.91 Å². The van der Waals surface area contributed by atoms with Gasteiger partial charge < -0.3 is 34.5 Å². The minimum absolute atomic E-state index is 0.256. The summed E-state index contributed by atoms with van der Waals surface area (Å²) in [5.41, 5.74) is 2.20. The minimum atomic E-state index is -1.36. The maximum absolute atomic E-state index is 13.6. The van der Waals surface area contributed by atoms with Crippen molar-refractivity contribution in [1.29, 1.82) is 0 Å². The Morgan fingerprint density at radius 3 is 2.16 bits per heavy atom. The van der Waals surface area contributed by atoms with Crippen molar-refractivity contribution in [3.63, 3.8) is 0 Å². The summed E-state index contributed by atoms with van der Waals surface area (Å²) in [6.07, 6.45) is -2.88. The monoisotopic (exact) mass is 597 g/mol. The number of carbonyl (C=O) groups is 1. The van der Waals surface area contributed by atoms with E-state index in [0.29, 0.717) is 29.2 Å². The quantitative estimate of drug-likeness (QED) is 0.189. The van der Waals surface area contributed by atoms with Crippen LogP contribution in [0.3, 0.4) is 0 Å². The lowest BCUT2D eigenvalue weighted by molar-refractivity contribution is -0.305. The maximum atomic E-state index is 13.6. The van der Waals surface area contributed by atoms with Gasteiger partial charge in [0.2, 0.25) is 6.29 Å². The van der Waals surface area contributed by atoms with Crippen LogP contribution in [0.1, 0.15) is 36.2 Å². The standard InChI is InChI=1S/C36H39NO7/c1-36(2)33(41-3)31(38)32(39)35(44-36)43-28-20-21-29(25-16-18-27(19-17-25)42-26-14-8-5-9-15-26)30(23-28)34(40)37-22-10-13-24-11-6-4-7-12-24/h4-9,11-12,14-21,23,31-33,35,38-39H,10,13,22H2,1-3H3,(H,37,40)/t31-,32+,33+,35-/m0/s1. The number of nitrogens with one attached hydrogen (secondary N) is 1. The second-order valence-corrected chi connectivity index (χ2v) is 11.3. The van der Waals surface area contributed by atoms with Crippen LogP contribution in [-0.4, -0.2) is 60.0 Å². The summed E-state index contributed by atoms with van der Waals surface area (Å²) >= 11 is 0. The molecule has 230 valence electrons. The van der Waals surface area contributed by atoms with Gasteiger partial charge in [0.15, 0.2) is 0 Å². The van der Waals surface area contributed by atoms with Gasteiger partial charge in [0, 0.05) is 13.7 Å². The van der Waals surface area contributed by atoms with Crippen LogP contribution < -0.4 is 14.8 Å². The molecule has 0 aromatic heterocycles. The second kappa shape index (κ2) is 14.1. The molecule has 44 heavy (non-hydrogen) atoms. The first-order valence-electron chi connectivity index (χ1n) is 14.8. The van der Waals surface area contributed by atoms with Crippen LogP contribution in [-0.2, 0) is 15.9 Å². The number of hydrogen-bond donors (Lipinski definition) is 3. The SMILES string of the molecule is CO[C@@H]1[C@@H](O)[C@@H](O)[C@@H](Oc2ccc(-c3ccc(Oc4ccccc4)cc3)c(C(=O)NCCCc3ccccc3)c2)OC1(C)C. The summed E-state index contributed by atoms with van der Waals surface area (Å²) in [5.74, 6) is 1.46. The van der Waals surface area contributed by atoms with E-state index in [1.807, 2.05) is 72.8 Å². The van der Waals surface area contributed by atoms with Gasteiger partial charge >= 0.3 is 0 Å². The van der Waals surface area contributed by atoms with Crippen molar-refractivity contribution in [2.75, 3.05) is 13.7 Å². The molecule has 4 aromatic rings. The van der Waals surface area contributed by atoms with Crippen LogP contribution in [0.2, 0.25) is 0 Å². The number of amides is 1. The molecular formula is C36H39NO7. The molecule has 1 heterocycles. The minimum Gasteiger partial charge on any atom is -0.462 e. The Bertz CT molecular complexity index is 1510. The first-order chi connectivity index (χ1) is 21.2. The van der Waals surface area contributed by atoms with E-state index >= 15 is 0 Å². The molecule has 1 aliphatic heterocycles. The molecule has 1 amide bonds. The highest BCUT2D eigenvalue weighted by atomic mass is 16.7. The summed E-state index contributed by atoms with van der Waals surface area (Å²) in [5, 5.41) is 24.4. The van der Waals surface area contributed by atoms with Gasteiger partial charge in [-0.25, -0.2) is 0 Å². The second-order valence-electron chi connectivity index (χ2n) is 11.3. The first kappa shape index (κ1) is 31.2. The van der Waals surface area contributed by atoms with Crippen LogP contribution in [0.15, 0.2) is 103 Å². The number of hydrogen-bond acceptors (Lipinski definition) is 7. The molecule has 3 N–H and O–H groups in total. The molecule has 0 aliphatic carbocycles. The molecule has 8 nitrogen and oxygen atoms in total. The maximum Gasteiger partial charge on any atom is 0.252 e. The zero-order valence-corrected chi connectivity index (χ0v) is 25.2. The van der Waals surface area contributed by atoms with Gasteiger partial charge in [-0.2, -0.15) is 0 Å². The van der Waals surface area contributed by atoms with Gasteiger partial charge in [-0.3, -0.25) is 4.79 Å². The fourth-order valence-electron chi connectivity index (χ4n) is 5.44. The van der Waals surface area contributed by atoms with Crippen molar-refractivity contribution in [1.82, 2.24) is 5.32 Å². The number of methoxy groups -OCH3 is 1. The normalized spacial score (nSPS) is 20.9. The molecule has 0 bridgehead atoms. The fourth-order valence-corrected chi connectivity index (χ4v) is 5.44. The largest absolute Gasteiger partial charge is 0.462 e. The summed E-state index contributed by atoms with van der Waals surface area (Å²) in [6.45, 7) is 4.01. The van der Waals surface area contributed by atoms with Gasteiger partial charge in [-0.15, -0.1) is 0 Å². The average Bonchev–Trinajstić information content (AvgIpc) is 3.03. The third-order valence-corrected chi connectivity index (χ3v) is 7.70. The Morgan fingerprint density at radius 1 is 0.841 bits per heavy atom. The fraction of sp³-hybridized carbons (Fsp3) is 0.306. The summed E-state index contributed by atoms with van der Waals surface area (Å²) in [4.78, 5) is 13.6. The lowest BCUT2D eigenvalue weighted by Crippen LogP contribution is -2.63. The molecule has 1 aliphatic rings. The van der Waals surface area contributed by atoms with Gasteiger partial charge in [-0.05, 0) is 85.8 Å². The molecule has 1 fully saturated rings. The number of rotatable bonds is 11. The molecule has 5 rings (SSSR count). The number of ether oxygens (including phenoxy) is 4. The molecule has 1 saturated heterocycles. The highest BCUT2D eigenvalue weighted by molar-refractivity contribution is 6.01. The topological polar surface area (TPSA) is 106 Å². The van der Waals surface area contributed by atoms with Crippen LogP contribution in [0.5, 0.6) is 17.2 Å². The average molecular weight is 598 g/mol. The number of carbonyl (C=O) groups excluding carboxylic acids is 1. The van der Waals surface area contributed by atoms with Crippen LogP contribution in [0, 0.1) is 0 Å². The predicted molar refractivity (Wildman–Crippen MR) is 168 cm³/mol. The number of benzene rings is 4. The van der Waals surface area contributed by atoms with Crippen LogP contribution in [0.25, 0.3) is 11.1 Å². The van der Waals surface area contributed by atoms with Crippen molar-refractivity contribution in [2.24, 2.45) is 0 Å². The van der Waals surface area contributed by atoms with Gasteiger partial charge in [0.1, 0.15) is 35.6 Å². The number of aryl methyl sites for hydroxylation is 1. The molecule has 0 saturated carbocycles.